The summed E-state index contributed by atoms with van der Waals surface area (Å²) in [4.78, 5) is 15.7. The van der Waals surface area contributed by atoms with Gasteiger partial charge in [-0.1, -0.05) is 12.1 Å². The molecule has 2 fully saturated rings. The van der Waals surface area contributed by atoms with E-state index in [1.165, 1.54) is 4.80 Å². The smallest absolute Gasteiger partial charge is 0.246 e. The fraction of sp³-hybridized carbons (Fsp3) is 0.500. The first-order chi connectivity index (χ1) is 10.3. The maximum absolute atomic E-state index is 12.4. The molecule has 2 aliphatic rings. The lowest BCUT2D eigenvalue weighted by molar-refractivity contribution is -0.131. The van der Waals surface area contributed by atoms with Crippen LogP contribution in [0.2, 0.25) is 0 Å². The standard InChI is InChI=1S/C14H17N5O2/c20-14(18-7-12-13(8-18)21-6-5-15-12)9-19-16-10-3-1-2-4-11(10)17-19/h1-4,12-13,15H,5-9H2/t12-,13-/m0/s1. The quantitative estimate of drug-likeness (QED) is 0.816. The molecule has 4 rings (SSSR count). The molecule has 2 aromatic rings. The molecule has 1 aromatic heterocycles. The van der Waals surface area contributed by atoms with Gasteiger partial charge in [0.2, 0.25) is 5.91 Å². The molecule has 7 nitrogen and oxygen atoms in total. The van der Waals surface area contributed by atoms with E-state index in [1.807, 2.05) is 29.2 Å². The van der Waals surface area contributed by atoms with Crippen molar-refractivity contribution in [3.63, 3.8) is 0 Å². The second-order valence-electron chi connectivity index (χ2n) is 5.49. The molecule has 1 amide bonds. The Morgan fingerprint density at radius 2 is 2.05 bits per heavy atom. The maximum atomic E-state index is 12.4. The number of fused-ring (bicyclic) bond motifs is 2. The molecule has 3 heterocycles. The molecular formula is C14H17N5O2. The number of hydrogen-bond acceptors (Lipinski definition) is 5. The van der Waals surface area contributed by atoms with Gasteiger partial charge in [-0.25, -0.2) is 0 Å². The Morgan fingerprint density at radius 1 is 1.29 bits per heavy atom. The van der Waals surface area contributed by atoms with Crippen molar-refractivity contribution < 1.29 is 9.53 Å². The number of likely N-dealkylation sites (tertiary alicyclic amines) is 1. The summed E-state index contributed by atoms with van der Waals surface area (Å²) in [6.45, 7) is 3.10. The number of morpholine rings is 1. The van der Waals surface area contributed by atoms with Crippen molar-refractivity contribution >= 4 is 16.9 Å². The number of hydrogen-bond donors (Lipinski definition) is 1. The number of amides is 1. The molecular weight excluding hydrogens is 270 g/mol. The zero-order valence-electron chi connectivity index (χ0n) is 11.6. The van der Waals surface area contributed by atoms with Gasteiger partial charge in [-0.05, 0) is 12.1 Å². The van der Waals surface area contributed by atoms with E-state index in [4.69, 9.17) is 4.74 Å². The lowest BCUT2D eigenvalue weighted by Gasteiger charge is -2.25. The number of ether oxygens (including phenoxy) is 1. The van der Waals surface area contributed by atoms with E-state index in [-0.39, 0.29) is 24.6 Å². The molecule has 1 aromatic carbocycles. The normalized spacial score (nSPS) is 25.2. The van der Waals surface area contributed by atoms with Crippen molar-refractivity contribution in [3.05, 3.63) is 24.3 Å². The van der Waals surface area contributed by atoms with E-state index in [1.54, 1.807) is 0 Å². The van der Waals surface area contributed by atoms with E-state index in [0.717, 1.165) is 24.2 Å². The van der Waals surface area contributed by atoms with E-state index in [2.05, 4.69) is 15.5 Å². The van der Waals surface area contributed by atoms with Gasteiger partial charge in [0.1, 0.15) is 17.6 Å². The Morgan fingerprint density at radius 3 is 2.76 bits per heavy atom. The van der Waals surface area contributed by atoms with Crippen LogP contribution in [0.4, 0.5) is 0 Å². The summed E-state index contributed by atoms with van der Waals surface area (Å²) >= 11 is 0. The van der Waals surface area contributed by atoms with Crippen LogP contribution >= 0.6 is 0 Å². The summed E-state index contributed by atoms with van der Waals surface area (Å²) in [5.74, 6) is 0.0371. The highest BCUT2D eigenvalue weighted by molar-refractivity contribution is 5.77. The van der Waals surface area contributed by atoms with Gasteiger partial charge in [0.15, 0.2) is 0 Å². The van der Waals surface area contributed by atoms with E-state index >= 15 is 0 Å². The molecule has 0 bridgehead atoms. The van der Waals surface area contributed by atoms with Crippen molar-refractivity contribution in [1.29, 1.82) is 0 Å². The highest BCUT2D eigenvalue weighted by Crippen LogP contribution is 2.17. The van der Waals surface area contributed by atoms with Crippen LogP contribution < -0.4 is 5.32 Å². The SMILES string of the molecule is O=C(Cn1nc2ccccc2n1)N1C[C@@H]2NCCO[C@H]2C1. The molecule has 110 valence electrons. The summed E-state index contributed by atoms with van der Waals surface area (Å²) in [6.07, 6.45) is 0.118. The second kappa shape index (κ2) is 5.09. The minimum Gasteiger partial charge on any atom is -0.373 e. The number of nitrogens with one attached hydrogen (secondary N) is 1. The van der Waals surface area contributed by atoms with Crippen molar-refractivity contribution in [2.45, 2.75) is 18.7 Å². The Kier molecular flexibility index (Phi) is 3.08. The first kappa shape index (κ1) is 12.7. The molecule has 0 spiro atoms. The molecule has 7 heteroatoms. The Bertz CT molecular complexity index is 623. The van der Waals surface area contributed by atoms with Gasteiger partial charge < -0.3 is 15.0 Å². The average Bonchev–Trinajstić information content (AvgIpc) is 3.10. The lowest BCUT2D eigenvalue weighted by Crippen LogP contribution is -2.47. The van der Waals surface area contributed by atoms with Gasteiger partial charge in [0.25, 0.3) is 0 Å². The van der Waals surface area contributed by atoms with Crippen LogP contribution in [0.3, 0.4) is 0 Å². The molecule has 21 heavy (non-hydrogen) atoms. The first-order valence-electron chi connectivity index (χ1n) is 7.22. The Hall–Kier alpha value is -1.99. The molecule has 0 aliphatic carbocycles. The van der Waals surface area contributed by atoms with Crippen molar-refractivity contribution in [2.24, 2.45) is 0 Å². The summed E-state index contributed by atoms with van der Waals surface area (Å²) in [6, 6.07) is 7.87. The minimum absolute atomic E-state index is 0.0371. The van der Waals surface area contributed by atoms with E-state index in [9.17, 15) is 4.79 Å². The zero-order valence-corrected chi connectivity index (χ0v) is 11.6. The first-order valence-corrected chi connectivity index (χ1v) is 7.22. The van der Waals surface area contributed by atoms with Crippen LogP contribution in [0.5, 0.6) is 0 Å². The number of benzene rings is 1. The number of rotatable bonds is 2. The number of aromatic nitrogens is 3. The predicted molar refractivity (Wildman–Crippen MR) is 75.6 cm³/mol. The maximum Gasteiger partial charge on any atom is 0.246 e. The highest BCUT2D eigenvalue weighted by Gasteiger charge is 2.37. The minimum atomic E-state index is 0.0371. The van der Waals surface area contributed by atoms with Gasteiger partial charge in [0.05, 0.1) is 18.8 Å². The third-order valence-corrected chi connectivity index (χ3v) is 4.06. The van der Waals surface area contributed by atoms with Crippen molar-refractivity contribution in [3.8, 4) is 0 Å². The number of carbonyl (C=O) groups excluding carboxylic acids is 1. The number of nitrogens with zero attached hydrogens (tertiary/aromatic N) is 4. The summed E-state index contributed by atoms with van der Waals surface area (Å²) < 4.78 is 5.69. The van der Waals surface area contributed by atoms with Crippen LogP contribution in [-0.4, -0.2) is 64.2 Å². The second-order valence-corrected chi connectivity index (χ2v) is 5.49. The molecule has 0 saturated carbocycles. The molecule has 2 atom stereocenters. The monoisotopic (exact) mass is 287 g/mol. The number of carbonyl (C=O) groups is 1. The third kappa shape index (κ3) is 2.38. The van der Waals surface area contributed by atoms with Gasteiger partial charge in [-0.15, -0.1) is 0 Å². The van der Waals surface area contributed by atoms with Crippen molar-refractivity contribution in [1.82, 2.24) is 25.2 Å². The zero-order chi connectivity index (χ0) is 14.2. The van der Waals surface area contributed by atoms with E-state index in [0.29, 0.717) is 13.1 Å². The fourth-order valence-corrected chi connectivity index (χ4v) is 2.99. The molecule has 2 saturated heterocycles. The molecule has 1 N–H and O–H groups in total. The van der Waals surface area contributed by atoms with Gasteiger partial charge >= 0.3 is 0 Å². The average molecular weight is 287 g/mol. The summed E-state index contributed by atoms with van der Waals surface area (Å²) in [5.41, 5.74) is 1.62. The Labute approximate surface area is 121 Å². The van der Waals surface area contributed by atoms with Crippen LogP contribution in [0.15, 0.2) is 24.3 Å². The van der Waals surface area contributed by atoms with Gasteiger partial charge in [0, 0.05) is 19.6 Å². The summed E-state index contributed by atoms with van der Waals surface area (Å²) in [5, 5.41) is 12.0. The van der Waals surface area contributed by atoms with Gasteiger partial charge in [-0.3, -0.25) is 4.79 Å². The molecule has 0 radical (unpaired) electrons. The molecule has 0 unspecified atom stereocenters. The highest BCUT2D eigenvalue weighted by atomic mass is 16.5. The largest absolute Gasteiger partial charge is 0.373 e. The topological polar surface area (TPSA) is 72.3 Å². The van der Waals surface area contributed by atoms with Gasteiger partial charge in [-0.2, -0.15) is 15.0 Å². The van der Waals surface area contributed by atoms with E-state index < -0.39 is 0 Å². The van der Waals surface area contributed by atoms with Crippen molar-refractivity contribution in [2.75, 3.05) is 26.2 Å². The Balaban J connectivity index is 1.46. The van der Waals surface area contributed by atoms with Crippen LogP contribution in [0.1, 0.15) is 0 Å². The predicted octanol–water partition coefficient (Wildman–Crippen LogP) is -0.369. The lowest BCUT2D eigenvalue weighted by atomic mass is 10.2. The third-order valence-electron chi connectivity index (χ3n) is 4.06. The van der Waals surface area contributed by atoms with Crippen LogP contribution in [0, 0.1) is 0 Å². The summed E-state index contributed by atoms with van der Waals surface area (Å²) in [7, 11) is 0. The van der Waals surface area contributed by atoms with Crippen LogP contribution in [0.25, 0.3) is 11.0 Å². The fourth-order valence-electron chi connectivity index (χ4n) is 2.99. The van der Waals surface area contributed by atoms with Crippen LogP contribution in [-0.2, 0) is 16.1 Å². The molecule has 2 aliphatic heterocycles.